The maximum atomic E-state index is 12.9. The zero-order chi connectivity index (χ0) is 19.2. The van der Waals surface area contributed by atoms with Gasteiger partial charge in [0.25, 0.3) is 0 Å². The molecule has 3 aromatic rings. The predicted molar refractivity (Wildman–Crippen MR) is 114 cm³/mol. The summed E-state index contributed by atoms with van der Waals surface area (Å²) in [5, 5.41) is 3.71. The zero-order valence-electron chi connectivity index (χ0n) is 15.4. The summed E-state index contributed by atoms with van der Waals surface area (Å²) >= 11 is 7.47. The highest BCUT2D eigenvalue weighted by molar-refractivity contribution is 8.00. The quantitative estimate of drug-likeness (QED) is 0.516. The smallest absolute Gasteiger partial charge is 0.233 e. The number of carbonyl (C=O) groups is 1. The minimum Gasteiger partial charge on any atom is -0.344 e. The fourth-order valence-corrected chi connectivity index (χ4v) is 3.93. The van der Waals surface area contributed by atoms with Crippen LogP contribution in [0.25, 0.3) is 0 Å². The molecule has 0 aliphatic rings. The molecule has 0 radical (unpaired) electrons. The van der Waals surface area contributed by atoms with Crippen molar-refractivity contribution in [2.24, 2.45) is 0 Å². The predicted octanol–water partition coefficient (Wildman–Crippen LogP) is 6.03. The molecule has 1 amide bonds. The van der Waals surface area contributed by atoms with Crippen LogP contribution < -0.4 is 5.32 Å². The average Bonchev–Trinajstić information content (AvgIpc) is 2.69. The van der Waals surface area contributed by atoms with Gasteiger partial charge in [0.2, 0.25) is 5.91 Å². The number of hydrogen-bond acceptors (Lipinski definition) is 2. The van der Waals surface area contributed by atoms with Gasteiger partial charge in [-0.15, -0.1) is 11.8 Å². The molecule has 3 rings (SSSR count). The molecule has 3 aromatic carbocycles. The largest absolute Gasteiger partial charge is 0.344 e. The molecule has 0 aromatic heterocycles. The van der Waals surface area contributed by atoms with Crippen molar-refractivity contribution < 1.29 is 4.79 Å². The standard InChI is InChI=1S/C23H22ClNOS/c1-16-8-6-7-11-21(16)22(18-9-4-3-5-10-18)25-23(26)17(2)27-20-14-12-19(24)13-15-20/h3-15,17,22H,1-2H3,(H,25,26)/t17-,22+/m1/s1. The van der Waals surface area contributed by atoms with Crippen molar-refractivity contribution in [1.29, 1.82) is 0 Å². The van der Waals surface area contributed by atoms with E-state index in [2.05, 4.69) is 24.4 Å². The van der Waals surface area contributed by atoms with Crippen LogP contribution in [-0.2, 0) is 4.79 Å². The summed E-state index contributed by atoms with van der Waals surface area (Å²) in [4.78, 5) is 13.9. The molecule has 138 valence electrons. The summed E-state index contributed by atoms with van der Waals surface area (Å²) in [6.45, 7) is 4.00. The maximum absolute atomic E-state index is 12.9. The van der Waals surface area contributed by atoms with E-state index < -0.39 is 0 Å². The summed E-state index contributed by atoms with van der Waals surface area (Å²) in [5.74, 6) is 0.00653. The second-order valence-electron chi connectivity index (χ2n) is 6.42. The molecule has 0 saturated heterocycles. The second-order valence-corrected chi connectivity index (χ2v) is 8.27. The minimum absolute atomic E-state index is 0.00653. The number of aryl methyl sites for hydroxylation is 1. The lowest BCUT2D eigenvalue weighted by atomic mass is 9.95. The van der Waals surface area contributed by atoms with Gasteiger partial charge < -0.3 is 5.32 Å². The van der Waals surface area contributed by atoms with E-state index in [9.17, 15) is 4.79 Å². The Morgan fingerprint density at radius 2 is 1.56 bits per heavy atom. The SMILES string of the molecule is Cc1ccccc1[C@@H](NC(=O)[C@@H](C)Sc1ccc(Cl)cc1)c1ccccc1. The van der Waals surface area contributed by atoms with Gasteiger partial charge in [-0.1, -0.05) is 66.2 Å². The number of thioether (sulfide) groups is 1. The van der Waals surface area contributed by atoms with Crippen LogP contribution >= 0.6 is 23.4 Å². The van der Waals surface area contributed by atoms with E-state index in [4.69, 9.17) is 11.6 Å². The first-order chi connectivity index (χ1) is 13.0. The van der Waals surface area contributed by atoms with Crippen LogP contribution in [-0.4, -0.2) is 11.2 Å². The Morgan fingerprint density at radius 3 is 2.22 bits per heavy atom. The summed E-state index contributed by atoms with van der Waals surface area (Å²) < 4.78 is 0. The van der Waals surface area contributed by atoms with Crippen molar-refractivity contribution in [3.63, 3.8) is 0 Å². The van der Waals surface area contributed by atoms with Gasteiger partial charge in [0.05, 0.1) is 11.3 Å². The Morgan fingerprint density at radius 1 is 0.926 bits per heavy atom. The van der Waals surface area contributed by atoms with Crippen molar-refractivity contribution in [3.05, 3.63) is 101 Å². The van der Waals surface area contributed by atoms with Crippen molar-refractivity contribution in [1.82, 2.24) is 5.32 Å². The Labute approximate surface area is 170 Å². The van der Waals surface area contributed by atoms with Crippen molar-refractivity contribution in [3.8, 4) is 0 Å². The third-order valence-electron chi connectivity index (χ3n) is 4.41. The van der Waals surface area contributed by atoms with E-state index in [1.165, 1.54) is 11.8 Å². The van der Waals surface area contributed by atoms with E-state index in [-0.39, 0.29) is 17.2 Å². The van der Waals surface area contributed by atoms with E-state index in [1.807, 2.05) is 73.7 Å². The summed E-state index contributed by atoms with van der Waals surface area (Å²) in [6, 6.07) is 25.6. The van der Waals surface area contributed by atoms with E-state index in [1.54, 1.807) is 0 Å². The highest BCUT2D eigenvalue weighted by Crippen LogP contribution is 2.28. The second kappa shape index (κ2) is 9.12. The Balaban J connectivity index is 1.80. The third kappa shape index (κ3) is 5.15. The molecule has 2 nitrogen and oxygen atoms in total. The highest BCUT2D eigenvalue weighted by Gasteiger charge is 2.22. The van der Waals surface area contributed by atoms with Crippen LogP contribution in [0, 0.1) is 6.92 Å². The molecular weight excluding hydrogens is 374 g/mol. The Kier molecular flexibility index (Phi) is 6.59. The van der Waals surface area contributed by atoms with Gasteiger partial charge in [0.15, 0.2) is 0 Å². The molecule has 1 N–H and O–H groups in total. The molecule has 0 aliphatic heterocycles. The van der Waals surface area contributed by atoms with Crippen LogP contribution in [0.1, 0.15) is 29.7 Å². The minimum atomic E-state index is -0.221. The molecule has 2 atom stereocenters. The van der Waals surface area contributed by atoms with Gasteiger partial charge in [0.1, 0.15) is 0 Å². The normalized spacial score (nSPS) is 13.0. The first-order valence-electron chi connectivity index (χ1n) is 8.87. The lowest BCUT2D eigenvalue weighted by Crippen LogP contribution is -2.35. The van der Waals surface area contributed by atoms with Crippen LogP contribution in [0.5, 0.6) is 0 Å². The van der Waals surface area contributed by atoms with Gasteiger partial charge >= 0.3 is 0 Å². The topological polar surface area (TPSA) is 29.1 Å². The summed E-state index contributed by atoms with van der Waals surface area (Å²) in [7, 11) is 0. The molecule has 0 heterocycles. The van der Waals surface area contributed by atoms with Crippen LogP contribution in [0.3, 0.4) is 0 Å². The number of rotatable bonds is 6. The van der Waals surface area contributed by atoms with Crippen LogP contribution in [0.4, 0.5) is 0 Å². The van der Waals surface area contributed by atoms with Gasteiger partial charge in [-0.2, -0.15) is 0 Å². The van der Waals surface area contributed by atoms with Crippen LogP contribution in [0.2, 0.25) is 5.02 Å². The van der Waals surface area contributed by atoms with Gasteiger partial charge in [-0.05, 0) is 54.8 Å². The molecule has 0 fully saturated rings. The molecule has 0 saturated carbocycles. The monoisotopic (exact) mass is 395 g/mol. The van der Waals surface area contributed by atoms with Crippen molar-refractivity contribution >= 4 is 29.3 Å². The number of halogens is 1. The third-order valence-corrected chi connectivity index (χ3v) is 5.78. The van der Waals surface area contributed by atoms with Gasteiger partial charge in [-0.3, -0.25) is 4.79 Å². The number of hydrogen-bond donors (Lipinski definition) is 1. The lowest BCUT2D eigenvalue weighted by Gasteiger charge is -2.23. The molecule has 0 bridgehead atoms. The molecule has 27 heavy (non-hydrogen) atoms. The molecule has 0 unspecified atom stereocenters. The average molecular weight is 396 g/mol. The zero-order valence-corrected chi connectivity index (χ0v) is 16.9. The molecule has 0 spiro atoms. The Hall–Kier alpha value is -2.23. The fourth-order valence-electron chi connectivity index (χ4n) is 2.93. The molecular formula is C23H22ClNOS. The van der Waals surface area contributed by atoms with Crippen molar-refractivity contribution in [2.75, 3.05) is 0 Å². The van der Waals surface area contributed by atoms with E-state index >= 15 is 0 Å². The van der Waals surface area contributed by atoms with E-state index in [0.717, 1.165) is 21.6 Å². The fraction of sp³-hybridized carbons (Fsp3) is 0.174. The number of amides is 1. The number of nitrogens with one attached hydrogen (secondary N) is 1. The lowest BCUT2D eigenvalue weighted by molar-refractivity contribution is -0.120. The number of benzene rings is 3. The van der Waals surface area contributed by atoms with Crippen LogP contribution in [0.15, 0.2) is 83.8 Å². The first-order valence-corrected chi connectivity index (χ1v) is 10.1. The highest BCUT2D eigenvalue weighted by atomic mass is 35.5. The van der Waals surface area contributed by atoms with Gasteiger partial charge in [0, 0.05) is 9.92 Å². The van der Waals surface area contributed by atoms with E-state index in [0.29, 0.717) is 5.02 Å². The summed E-state index contributed by atoms with van der Waals surface area (Å²) in [5.41, 5.74) is 3.34. The summed E-state index contributed by atoms with van der Waals surface area (Å²) in [6.07, 6.45) is 0. The number of carbonyl (C=O) groups excluding carboxylic acids is 1. The van der Waals surface area contributed by atoms with Gasteiger partial charge in [-0.25, -0.2) is 0 Å². The Bertz CT molecular complexity index is 896. The molecule has 0 aliphatic carbocycles. The maximum Gasteiger partial charge on any atom is 0.233 e. The van der Waals surface area contributed by atoms with Crippen molar-refractivity contribution in [2.45, 2.75) is 30.0 Å². The molecule has 4 heteroatoms. The first kappa shape index (κ1) is 19.5.